The second-order valence-electron chi connectivity index (χ2n) is 5.32. The van der Waals surface area contributed by atoms with Crippen molar-refractivity contribution in [2.45, 2.75) is 12.2 Å². The maximum Gasteiger partial charge on any atom is 0.248 e. The van der Waals surface area contributed by atoms with Crippen LogP contribution in [0.5, 0.6) is 5.75 Å². The van der Waals surface area contributed by atoms with Crippen LogP contribution in [0, 0.1) is 0 Å². The molecule has 2 fully saturated rings. The van der Waals surface area contributed by atoms with E-state index in [4.69, 9.17) is 19.9 Å². The lowest BCUT2D eigenvalue weighted by Crippen LogP contribution is -2.36. The molecule has 0 radical (unpaired) electrons. The van der Waals surface area contributed by atoms with E-state index >= 15 is 0 Å². The number of hydrogen-bond donors (Lipinski definition) is 1. The van der Waals surface area contributed by atoms with Crippen molar-refractivity contribution in [1.82, 2.24) is 4.90 Å². The Labute approximate surface area is 123 Å². The fraction of sp³-hybridized carbons (Fsp3) is 0.533. The summed E-state index contributed by atoms with van der Waals surface area (Å²) in [6, 6.07) is 6.86. The molecule has 0 bridgehead atoms. The van der Waals surface area contributed by atoms with E-state index in [0.717, 1.165) is 25.4 Å². The first-order valence-electron chi connectivity index (χ1n) is 7.20. The number of amides is 1. The number of fused-ring (bicyclic) bond motifs is 1. The van der Waals surface area contributed by atoms with Gasteiger partial charge in [-0.25, -0.2) is 0 Å². The average Bonchev–Trinajstić information content (AvgIpc) is 2.90. The molecular weight excluding hydrogens is 272 g/mol. The summed E-state index contributed by atoms with van der Waals surface area (Å²) in [7, 11) is 0. The van der Waals surface area contributed by atoms with Crippen LogP contribution in [0.3, 0.4) is 0 Å². The van der Waals surface area contributed by atoms with Crippen LogP contribution in [0.15, 0.2) is 24.3 Å². The minimum absolute atomic E-state index is 0.202. The van der Waals surface area contributed by atoms with Gasteiger partial charge in [-0.05, 0) is 24.3 Å². The zero-order chi connectivity index (χ0) is 14.7. The SMILES string of the molecule is NC(=O)c1ccc(OCCN2CC3OCCOC3C2)cc1. The highest BCUT2D eigenvalue weighted by Crippen LogP contribution is 2.20. The second kappa shape index (κ2) is 6.43. The van der Waals surface area contributed by atoms with Gasteiger partial charge in [0.25, 0.3) is 0 Å². The van der Waals surface area contributed by atoms with E-state index in [2.05, 4.69) is 4.90 Å². The third kappa shape index (κ3) is 3.53. The third-order valence-corrected chi connectivity index (χ3v) is 3.85. The van der Waals surface area contributed by atoms with Gasteiger partial charge in [-0.1, -0.05) is 0 Å². The fourth-order valence-electron chi connectivity index (χ4n) is 2.73. The summed E-state index contributed by atoms with van der Waals surface area (Å²) in [6.07, 6.45) is 0.405. The van der Waals surface area contributed by atoms with Crippen molar-refractivity contribution in [2.24, 2.45) is 5.73 Å². The van der Waals surface area contributed by atoms with Crippen molar-refractivity contribution in [3.8, 4) is 5.75 Å². The standard InChI is InChI=1S/C15H20N2O4/c16-15(18)11-1-3-12(4-2-11)19-6-5-17-9-13-14(10-17)21-8-7-20-13/h1-4,13-14H,5-10H2,(H2,16,18). The summed E-state index contributed by atoms with van der Waals surface area (Å²) in [5.74, 6) is 0.310. The van der Waals surface area contributed by atoms with Crippen LogP contribution in [0.25, 0.3) is 0 Å². The molecule has 1 aromatic rings. The van der Waals surface area contributed by atoms with Crippen molar-refractivity contribution in [1.29, 1.82) is 0 Å². The molecule has 21 heavy (non-hydrogen) atoms. The van der Waals surface area contributed by atoms with Crippen LogP contribution in [-0.2, 0) is 9.47 Å². The first-order valence-corrected chi connectivity index (χ1v) is 7.20. The number of likely N-dealkylation sites (tertiary alicyclic amines) is 1. The molecule has 114 valence electrons. The predicted octanol–water partition coefficient (Wildman–Crippen LogP) is 0.264. The number of carbonyl (C=O) groups excluding carboxylic acids is 1. The smallest absolute Gasteiger partial charge is 0.248 e. The number of nitrogens with two attached hydrogens (primary N) is 1. The van der Waals surface area contributed by atoms with Gasteiger partial charge < -0.3 is 19.9 Å². The lowest BCUT2D eigenvalue weighted by molar-refractivity contribution is -0.116. The lowest BCUT2D eigenvalue weighted by atomic mass is 10.2. The summed E-state index contributed by atoms with van der Waals surface area (Å²) >= 11 is 0. The first kappa shape index (κ1) is 14.3. The zero-order valence-electron chi connectivity index (χ0n) is 11.9. The average molecular weight is 292 g/mol. The minimum atomic E-state index is -0.429. The van der Waals surface area contributed by atoms with E-state index in [1.807, 2.05) is 0 Å². The predicted molar refractivity (Wildman–Crippen MR) is 76.4 cm³/mol. The monoisotopic (exact) mass is 292 g/mol. The molecule has 2 aliphatic rings. The zero-order valence-corrected chi connectivity index (χ0v) is 11.9. The number of primary amides is 1. The molecule has 0 saturated carbocycles. The van der Waals surface area contributed by atoms with Crippen molar-refractivity contribution < 1.29 is 19.0 Å². The van der Waals surface area contributed by atoms with Gasteiger partial charge in [0.1, 0.15) is 12.4 Å². The van der Waals surface area contributed by atoms with Gasteiger partial charge in [-0.15, -0.1) is 0 Å². The third-order valence-electron chi connectivity index (χ3n) is 3.85. The Morgan fingerprint density at radius 1 is 1.19 bits per heavy atom. The summed E-state index contributed by atoms with van der Waals surface area (Å²) in [4.78, 5) is 13.3. The molecule has 2 saturated heterocycles. The number of benzene rings is 1. The molecule has 2 aliphatic heterocycles. The van der Waals surface area contributed by atoms with Gasteiger partial charge in [0.2, 0.25) is 5.91 Å². The van der Waals surface area contributed by atoms with Gasteiger partial charge >= 0.3 is 0 Å². The molecule has 0 aromatic heterocycles. The van der Waals surface area contributed by atoms with E-state index in [1.165, 1.54) is 0 Å². The number of carbonyl (C=O) groups is 1. The maximum atomic E-state index is 11.0. The largest absolute Gasteiger partial charge is 0.492 e. The Balaban J connectivity index is 1.43. The van der Waals surface area contributed by atoms with Crippen molar-refractivity contribution in [3.05, 3.63) is 29.8 Å². The summed E-state index contributed by atoms with van der Waals surface area (Å²) in [5.41, 5.74) is 5.68. The molecule has 1 amide bonds. The second-order valence-corrected chi connectivity index (χ2v) is 5.32. The molecule has 6 heteroatoms. The van der Waals surface area contributed by atoms with Gasteiger partial charge in [-0.2, -0.15) is 0 Å². The fourth-order valence-corrected chi connectivity index (χ4v) is 2.73. The van der Waals surface area contributed by atoms with Gasteiger partial charge in [0.15, 0.2) is 0 Å². The van der Waals surface area contributed by atoms with Gasteiger partial charge in [0.05, 0.1) is 25.4 Å². The molecular formula is C15H20N2O4. The van der Waals surface area contributed by atoms with E-state index in [1.54, 1.807) is 24.3 Å². The van der Waals surface area contributed by atoms with Crippen LogP contribution in [-0.4, -0.2) is 62.5 Å². The Bertz CT molecular complexity index is 477. The highest BCUT2D eigenvalue weighted by molar-refractivity contribution is 5.92. The minimum Gasteiger partial charge on any atom is -0.492 e. The summed E-state index contributed by atoms with van der Waals surface area (Å²) < 4.78 is 17.0. The molecule has 2 unspecified atom stereocenters. The molecule has 2 N–H and O–H groups in total. The van der Waals surface area contributed by atoms with Crippen molar-refractivity contribution >= 4 is 5.91 Å². The Hall–Kier alpha value is -1.63. The highest BCUT2D eigenvalue weighted by Gasteiger charge is 2.36. The molecule has 1 aromatic carbocycles. The van der Waals surface area contributed by atoms with E-state index < -0.39 is 5.91 Å². The van der Waals surface area contributed by atoms with Crippen LogP contribution in [0.2, 0.25) is 0 Å². The summed E-state index contributed by atoms with van der Waals surface area (Å²) in [5, 5.41) is 0. The van der Waals surface area contributed by atoms with Crippen molar-refractivity contribution in [2.75, 3.05) is 39.5 Å². The number of ether oxygens (including phenoxy) is 3. The Morgan fingerprint density at radius 2 is 1.81 bits per heavy atom. The van der Waals surface area contributed by atoms with Gasteiger partial charge in [-0.3, -0.25) is 9.69 Å². The normalized spacial score (nSPS) is 25.5. The summed E-state index contributed by atoms with van der Waals surface area (Å²) in [6.45, 7) is 4.60. The number of hydrogen-bond acceptors (Lipinski definition) is 5. The van der Waals surface area contributed by atoms with E-state index in [-0.39, 0.29) is 12.2 Å². The quantitative estimate of drug-likeness (QED) is 0.843. The lowest BCUT2D eigenvalue weighted by Gasteiger charge is -2.24. The Kier molecular flexibility index (Phi) is 4.38. The molecule has 0 aliphatic carbocycles. The van der Waals surface area contributed by atoms with E-state index in [9.17, 15) is 4.79 Å². The molecule has 2 heterocycles. The van der Waals surface area contributed by atoms with Gasteiger partial charge in [0, 0.05) is 25.2 Å². The van der Waals surface area contributed by atoms with Crippen LogP contribution >= 0.6 is 0 Å². The van der Waals surface area contributed by atoms with Crippen LogP contribution in [0.4, 0.5) is 0 Å². The maximum absolute atomic E-state index is 11.0. The molecule has 2 atom stereocenters. The molecule has 3 rings (SSSR count). The number of rotatable bonds is 5. The van der Waals surface area contributed by atoms with Crippen LogP contribution in [0.1, 0.15) is 10.4 Å². The first-order chi connectivity index (χ1) is 10.2. The molecule has 0 spiro atoms. The topological polar surface area (TPSA) is 74.0 Å². The number of nitrogens with zero attached hydrogens (tertiary/aromatic N) is 1. The van der Waals surface area contributed by atoms with Crippen LogP contribution < -0.4 is 10.5 Å². The molecule has 6 nitrogen and oxygen atoms in total. The van der Waals surface area contributed by atoms with E-state index in [0.29, 0.717) is 25.4 Å². The Morgan fingerprint density at radius 3 is 2.38 bits per heavy atom. The highest BCUT2D eigenvalue weighted by atomic mass is 16.6. The van der Waals surface area contributed by atoms with Crippen molar-refractivity contribution in [3.63, 3.8) is 0 Å².